The molecule has 1 aliphatic heterocycles. The highest BCUT2D eigenvalue weighted by Crippen LogP contribution is 2.29. The third-order valence-electron chi connectivity index (χ3n) is 3.23. The van der Waals surface area contributed by atoms with Gasteiger partial charge in [-0.05, 0) is 37.8 Å². The third kappa shape index (κ3) is 3.79. The predicted octanol–water partition coefficient (Wildman–Crippen LogP) is 2.48. The summed E-state index contributed by atoms with van der Waals surface area (Å²) in [5, 5.41) is 0. The van der Waals surface area contributed by atoms with Crippen LogP contribution in [0.1, 0.15) is 46.5 Å². The molecular formula is C12H23NO. The molecule has 1 saturated heterocycles. The van der Waals surface area contributed by atoms with Crippen LogP contribution >= 0.6 is 0 Å². The predicted molar refractivity (Wildman–Crippen MR) is 59.4 cm³/mol. The van der Waals surface area contributed by atoms with Gasteiger partial charge in [0.05, 0.1) is 6.54 Å². The number of hydrogen-bond donors (Lipinski definition) is 0. The van der Waals surface area contributed by atoms with E-state index in [4.69, 9.17) is 0 Å². The Morgan fingerprint density at radius 3 is 2.64 bits per heavy atom. The van der Waals surface area contributed by atoms with E-state index in [1.165, 1.54) is 19.3 Å². The Labute approximate surface area is 87.7 Å². The first kappa shape index (κ1) is 11.7. The van der Waals surface area contributed by atoms with Crippen LogP contribution in [0, 0.1) is 5.41 Å². The molecule has 0 radical (unpaired) electrons. The molecule has 1 rings (SSSR count). The lowest BCUT2D eigenvalue weighted by molar-refractivity contribution is -0.119. The maximum atomic E-state index is 11.3. The molecule has 2 nitrogen and oxygen atoms in total. The molecule has 0 saturated carbocycles. The molecule has 0 spiro atoms. The van der Waals surface area contributed by atoms with Gasteiger partial charge in [0.25, 0.3) is 0 Å². The summed E-state index contributed by atoms with van der Waals surface area (Å²) in [6, 6.07) is 0. The number of Topliss-reactive ketones (excluding diaryl/α,β-unsaturated/α-hetero) is 1. The largest absolute Gasteiger partial charge is 0.298 e. The molecule has 2 heteroatoms. The zero-order chi connectivity index (χ0) is 10.6. The molecular weight excluding hydrogens is 174 g/mol. The van der Waals surface area contributed by atoms with E-state index in [1.54, 1.807) is 0 Å². The van der Waals surface area contributed by atoms with Crippen molar-refractivity contribution in [2.24, 2.45) is 5.41 Å². The van der Waals surface area contributed by atoms with Crippen molar-refractivity contribution < 1.29 is 4.79 Å². The summed E-state index contributed by atoms with van der Waals surface area (Å²) in [5.41, 5.74) is 0.476. The number of carbonyl (C=O) groups excluding carboxylic acids is 1. The summed E-state index contributed by atoms with van der Waals surface area (Å²) in [5.74, 6) is 0.379. The van der Waals surface area contributed by atoms with Gasteiger partial charge in [-0.1, -0.05) is 20.8 Å². The molecule has 0 aliphatic carbocycles. The fraction of sp³-hybridized carbons (Fsp3) is 0.917. The van der Waals surface area contributed by atoms with E-state index in [2.05, 4.69) is 18.7 Å². The Kier molecular flexibility index (Phi) is 4.11. The van der Waals surface area contributed by atoms with Gasteiger partial charge >= 0.3 is 0 Å². The maximum Gasteiger partial charge on any atom is 0.146 e. The third-order valence-corrected chi connectivity index (χ3v) is 3.23. The maximum absolute atomic E-state index is 11.3. The molecule has 0 unspecified atom stereocenters. The van der Waals surface area contributed by atoms with Crippen molar-refractivity contribution in [1.82, 2.24) is 4.90 Å². The van der Waals surface area contributed by atoms with Gasteiger partial charge in [-0.3, -0.25) is 9.69 Å². The second kappa shape index (κ2) is 4.92. The van der Waals surface area contributed by atoms with Crippen molar-refractivity contribution in [1.29, 1.82) is 0 Å². The highest BCUT2D eigenvalue weighted by molar-refractivity contribution is 5.80. The summed E-state index contributed by atoms with van der Waals surface area (Å²) >= 11 is 0. The summed E-state index contributed by atoms with van der Waals surface area (Å²) in [7, 11) is 0. The van der Waals surface area contributed by atoms with Crippen molar-refractivity contribution in [3.05, 3.63) is 0 Å². The average Bonchev–Trinajstić information content (AvgIpc) is 2.28. The summed E-state index contributed by atoms with van der Waals surface area (Å²) in [4.78, 5) is 13.6. The van der Waals surface area contributed by atoms with Crippen LogP contribution in [-0.4, -0.2) is 30.3 Å². The molecule has 0 bridgehead atoms. The molecule has 1 aliphatic rings. The second-order valence-corrected chi connectivity index (χ2v) is 5.19. The molecule has 82 valence electrons. The van der Waals surface area contributed by atoms with Crippen LogP contribution in [0.4, 0.5) is 0 Å². The standard InChI is InChI=1S/C12H23NO/c1-4-11(14)10-13-8-5-6-12(2,3)7-9-13/h4-10H2,1-3H3. The summed E-state index contributed by atoms with van der Waals surface area (Å²) in [6.45, 7) is 9.49. The lowest BCUT2D eigenvalue weighted by atomic mass is 9.85. The van der Waals surface area contributed by atoms with E-state index in [0.717, 1.165) is 13.1 Å². The van der Waals surface area contributed by atoms with E-state index in [-0.39, 0.29) is 0 Å². The smallest absolute Gasteiger partial charge is 0.146 e. The molecule has 14 heavy (non-hydrogen) atoms. The molecule has 0 aromatic rings. The lowest BCUT2D eigenvalue weighted by Gasteiger charge is -2.22. The minimum Gasteiger partial charge on any atom is -0.298 e. The van der Waals surface area contributed by atoms with Crippen LogP contribution in [0.2, 0.25) is 0 Å². The topological polar surface area (TPSA) is 20.3 Å². The van der Waals surface area contributed by atoms with Gasteiger partial charge in [0.1, 0.15) is 5.78 Å². The van der Waals surface area contributed by atoms with Gasteiger partial charge in [-0.15, -0.1) is 0 Å². The highest BCUT2D eigenvalue weighted by atomic mass is 16.1. The van der Waals surface area contributed by atoms with E-state index >= 15 is 0 Å². The SMILES string of the molecule is CCC(=O)CN1CCCC(C)(C)CC1. The summed E-state index contributed by atoms with van der Waals surface area (Å²) < 4.78 is 0. The Morgan fingerprint density at radius 2 is 2.00 bits per heavy atom. The molecule has 0 N–H and O–H groups in total. The first-order valence-corrected chi connectivity index (χ1v) is 5.77. The van der Waals surface area contributed by atoms with Crippen LogP contribution in [0.3, 0.4) is 0 Å². The van der Waals surface area contributed by atoms with E-state index in [1.807, 2.05) is 6.92 Å². The zero-order valence-electron chi connectivity index (χ0n) is 9.81. The fourth-order valence-electron chi connectivity index (χ4n) is 2.00. The highest BCUT2D eigenvalue weighted by Gasteiger charge is 2.23. The van der Waals surface area contributed by atoms with Gasteiger partial charge < -0.3 is 0 Å². The van der Waals surface area contributed by atoms with Crippen molar-refractivity contribution in [3.63, 3.8) is 0 Å². The number of likely N-dealkylation sites (tertiary alicyclic amines) is 1. The van der Waals surface area contributed by atoms with E-state index in [0.29, 0.717) is 24.2 Å². The van der Waals surface area contributed by atoms with Crippen LogP contribution < -0.4 is 0 Å². The second-order valence-electron chi connectivity index (χ2n) is 5.19. The van der Waals surface area contributed by atoms with Crippen LogP contribution in [0.15, 0.2) is 0 Å². The van der Waals surface area contributed by atoms with Gasteiger partial charge in [0.2, 0.25) is 0 Å². The Hall–Kier alpha value is -0.370. The van der Waals surface area contributed by atoms with Gasteiger partial charge in [0, 0.05) is 6.42 Å². The van der Waals surface area contributed by atoms with Crippen molar-refractivity contribution in [2.75, 3.05) is 19.6 Å². The number of carbonyl (C=O) groups is 1. The van der Waals surface area contributed by atoms with Crippen molar-refractivity contribution >= 4 is 5.78 Å². The van der Waals surface area contributed by atoms with E-state index < -0.39 is 0 Å². The van der Waals surface area contributed by atoms with E-state index in [9.17, 15) is 4.79 Å². The Balaban J connectivity index is 2.38. The first-order valence-electron chi connectivity index (χ1n) is 5.77. The Morgan fingerprint density at radius 1 is 1.29 bits per heavy atom. The number of rotatable bonds is 3. The monoisotopic (exact) mass is 197 g/mol. The van der Waals surface area contributed by atoms with Gasteiger partial charge in [-0.25, -0.2) is 0 Å². The molecule has 0 aromatic carbocycles. The molecule has 1 heterocycles. The normalized spacial score (nSPS) is 23.1. The van der Waals surface area contributed by atoms with Gasteiger partial charge in [0.15, 0.2) is 0 Å². The summed E-state index contributed by atoms with van der Waals surface area (Å²) in [6.07, 6.45) is 4.44. The average molecular weight is 197 g/mol. The minimum absolute atomic E-state index is 0.379. The molecule has 0 atom stereocenters. The number of hydrogen-bond acceptors (Lipinski definition) is 2. The fourth-order valence-corrected chi connectivity index (χ4v) is 2.00. The molecule has 1 fully saturated rings. The number of nitrogens with zero attached hydrogens (tertiary/aromatic N) is 1. The minimum atomic E-state index is 0.379. The lowest BCUT2D eigenvalue weighted by Crippen LogP contribution is -2.30. The van der Waals surface area contributed by atoms with Crippen molar-refractivity contribution in [3.8, 4) is 0 Å². The first-order chi connectivity index (χ1) is 6.53. The van der Waals surface area contributed by atoms with Crippen LogP contribution in [0.5, 0.6) is 0 Å². The van der Waals surface area contributed by atoms with Crippen LogP contribution in [-0.2, 0) is 4.79 Å². The van der Waals surface area contributed by atoms with Gasteiger partial charge in [-0.2, -0.15) is 0 Å². The molecule has 0 amide bonds. The van der Waals surface area contributed by atoms with Crippen LogP contribution in [0.25, 0.3) is 0 Å². The molecule has 0 aromatic heterocycles. The zero-order valence-corrected chi connectivity index (χ0v) is 9.81. The quantitative estimate of drug-likeness (QED) is 0.692. The number of ketones is 1. The van der Waals surface area contributed by atoms with Crippen molar-refractivity contribution in [2.45, 2.75) is 46.5 Å². The Bertz CT molecular complexity index is 198.